The van der Waals surface area contributed by atoms with E-state index in [2.05, 4.69) is 50.0 Å². The highest BCUT2D eigenvalue weighted by atomic mass is 79.9. The molecule has 1 aliphatic carbocycles. The van der Waals surface area contributed by atoms with Crippen molar-refractivity contribution in [3.63, 3.8) is 0 Å². The number of rotatable bonds is 3. The van der Waals surface area contributed by atoms with E-state index in [1.165, 1.54) is 24.2 Å². The Hall–Kier alpha value is -1.68. The van der Waals surface area contributed by atoms with Crippen LogP contribution >= 0.6 is 15.9 Å². The topological polar surface area (TPSA) is 26.7 Å². The van der Waals surface area contributed by atoms with Crippen molar-refractivity contribution in [1.29, 1.82) is 0 Å². The standard InChI is InChI=1S/C18H19BrN2O/c19-16-8-7-15(22)11-13(16)12-20-9-10-21(14-5-6-14)18-4-2-1-3-17(18)20/h1-4,7-8,11,14,22H,5-6,9-10,12H2. The number of anilines is 2. The van der Waals surface area contributed by atoms with Gasteiger partial charge in [0.25, 0.3) is 0 Å². The third-order valence-electron chi connectivity index (χ3n) is 4.52. The third kappa shape index (κ3) is 2.56. The molecule has 2 aromatic rings. The van der Waals surface area contributed by atoms with Gasteiger partial charge >= 0.3 is 0 Å². The van der Waals surface area contributed by atoms with Gasteiger partial charge in [0.2, 0.25) is 0 Å². The van der Waals surface area contributed by atoms with Gasteiger partial charge in [0.1, 0.15) is 5.75 Å². The first-order chi connectivity index (χ1) is 10.7. The molecule has 4 rings (SSSR count). The lowest BCUT2D eigenvalue weighted by molar-refractivity contribution is 0.474. The molecule has 1 saturated carbocycles. The molecule has 4 heteroatoms. The first-order valence-electron chi connectivity index (χ1n) is 7.80. The zero-order chi connectivity index (χ0) is 15.1. The highest BCUT2D eigenvalue weighted by molar-refractivity contribution is 9.10. The molecule has 1 N–H and O–H groups in total. The summed E-state index contributed by atoms with van der Waals surface area (Å²) in [6.45, 7) is 2.91. The van der Waals surface area contributed by atoms with Crippen LogP contribution in [-0.2, 0) is 6.54 Å². The van der Waals surface area contributed by atoms with Crippen LogP contribution in [-0.4, -0.2) is 24.2 Å². The van der Waals surface area contributed by atoms with E-state index in [4.69, 9.17) is 0 Å². The summed E-state index contributed by atoms with van der Waals surface area (Å²) in [6.07, 6.45) is 2.65. The maximum absolute atomic E-state index is 9.74. The van der Waals surface area contributed by atoms with E-state index in [0.717, 1.165) is 35.7 Å². The van der Waals surface area contributed by atoms with Gasteiger partial charge in [-0.2, -0.15) is 0 Å². The molecule has 0 amide bonds. The van der Waals surface area contributed by atoms with Gasteiger partial charge in [0.15, 0.2) is 0 Å². The summed E-state index contributed by atoms with van der Waals surface area (Å²) in [7, 11) is 0. The van der Waals surface area contributed by atoms with E-state index in [9.17, 15) is 5.11 Å². The lowest BCUT2D eigenvalue weighted by atomic mass is 10.1. The maximum atomic E-state index is 9.74. The fourth-order valence-electron chi connectivity index (χ4n) is 3.26. The number of nitrogens with zero attached hydrogens (tertiary/aromatic N) is 2. The molecule has 22 heavy (non-hydrogen) atoms. The van der Waals surface area contributed by atoms with Crippen molar-refractivity contribution in [1.82, 2.24) is 0 Å². The Morgan fingerprint density at radius 2 is 1.82 bits per heavy atom. The van der Waals surface area contributed by atoms with Gasteiger partial charge in [-0.05, 0) is 48.7 Å². The summed E-state index contributed by atoms with van der Waals surface area (Å²) in [5.41, 5.74) is 3.78. The minimum absolute atomic E-state index is 0.322. The molecule has 2 aromatic carbocycles. The Labute approximate surface area is 139 Å². The fraction of sp³-hybridized carbons (Fsp3) is 0.333. The quantitative estimate of drug-likeness (QED) is 0.892. The van der Waals surface area contributed by atoms with E-state index < -0.39 is 0 Å². The molecule has 1 aliphatic heterocycles. The number of para-hydroxylation sites is 2. The summed E-state index contributed by atoms with van der Waals surface area (Å²) in [5.74, 6) is 0.322. The van der Waals surface area contributed by atoms with Crippen LogP contribution in [0, 0.1) is 0 Å². The highest BCUT2D eigenvalue weighted by Crippen LogP contribution is 2.40. The van der Waals surface area contributed by atoms with Crippen molar-refractivity contribution < 1.29 is 5.11 Å². The third-order valence-corrected chi connectivity index (χ3v) is 5.29. The molecule has 1 fully saturated rings. The summed E-state index contributed by atoms with van der Waals surface area (Å²) in [4.78, 5) is 4.97. The molecule has 0 bridgehead atoms. The second-order valence-electron chi connectivity index (χ2n) is 6.11. The van der Waals surface area contributed by atoms with E-state index in [-0.39, 0.29) is 0 Å². The van der Waals surface area contributed by atoms with Gasteiger partial charge in [-0.15, -0.1) is 0 Å². The molecule has 0 saturated heterocycles. The Bertz CT molecular complexity index is 699. The Morgan fingerprint density at radius 1 is 1.05 bits per heavy atom. The smallest absolute Gasteiger partial charge is 0.115 e. The van der Waals surface area contributed by atoms with Crippen molar-refractivity contribution in [3.8, 4) is 5.75 Å². The average molecular weight is 359 g/mol. The summed E-state index contributed by atoms with van der Waals surface area (Å²) in [6, 6.07) is 14.9. The van der Waals surface area contributed by atoms with Gasteiger partial charge in [-0.1, -0.05) is 28.1 Å². The number of hydrogen-bond acceptors (Lipinski definition) is 3. The van der Waals surface area contributed by atoms with Crippen LogP contribution in [0.1, 0.15) is 18.4 Å². The van der Waals surface area contributed by atoms with E-state index in [0.29, 0.717) is 5.75 Å². The highest BCUT2D eigenvalue weighted by Gasteiger charge is 2.33. The minimum atomic E-state index is 0.322. The number of fused-ring (bicyclic) bond motifs is 1. The molecular weight excluding hydrogens is 340 g/mol. The molecule has 0 unspecified atom stereocenters. The number of benzene rings is 2. The van der Waals surface area contributed by atoms with Crippen LogP contribution in [0.3, 0.4) is 0 Å². The van der Waals surface area contributed by atoms with Crippen molar-refractivity contribution in [3.05, 3.63) is 52.5 Å². The zero-order valence-electron chi connectivity index (χ0n) is 12.4. The van der Waals surface area contributed by atoms with Gasteiger partial charge in [-0.25, -0.2) is 0 Å². The molecule has 0 spiro atoms. The first kappa shape index (κ1) is 13.9. The first-order valence-corrected chi connectivity index (χ1v) is 8.60. The lowest BCUT2D eigenvalue weighted by Gasteiger charge is -2.39. The SMILES string of the molecule is Oc1ccc(Br)c(CN2CCN(C3CC3)c3ccccc32)c1. The zero-order valence-corrected chi connectivity index (χ0v) is 14.0. The van der Waals surface area contributed by atoms with E-state index in [1.807, 2.05) is 12.1 Å². The number of hydrogen-bond donors (Lipinski definition) is 1. The Balaban J connectivity index is 1.65. The van der Waals surface area contributed by atoms with Gasteiger partial charge in [0, 0.05) is 30.1 Å². The maximum Gasteiger partial charge on any atom is 0.115 e. The second-order valence-corrected chi connectivity index (χ2v) is 6.96. The van der Waals surface area contributed by atoms with E-state index in [1.54, 1.807) is 6.07 Å². The fourth-order valence-corrected chi connectivity index (χ4v) is 3.63. The molecule has 0 atom stereocenters. The summed E-state index contributed by atoms with van der Waals surface area (Å²) in [5, 5.41) is 9.74. The molecule has 3 nitrogen and oxygen atoms in total. The minimum Gasteiger partial charge on any atom is -0.508 e. The largest absolute Gasteiger partial charge is 0.508 e. The van der Waals surface area contributed by atoms with Crippen molar-refractivity contribution in [2.45, 2.75) is 25.4 Å². The predicted molar refractivity (Wildman–Crippen MR) is 93.7 cm³/mol. The summed E-state index contributed by atoms with van der Waals surface area (Å²) >= 11 is 3.59. The van der Waals surface area contributed by atoms with Crippen LogP contribution in [0.4, 0.5) is 11.4 Å². The van der Waals surface area contributed by atoms with E-state index >= 15 is 0 Å². The second kappa shape index (κ2) is 5.51. The monoisotopic (exact) mass is 358 g/mol. The van der Waals surface area contributed by atoms with Gasteiger partial charge in [0.05, 0.1) is 11.4 Å². The predicted octanol–water partition coefficient (Wildman–Crippen LogP) is 4.14. The molecule has 2 aliphatic rings. The lowest BCUT2D eigenvalue weighted by Crippen LogP contribution is -2.41. The van der Waals surface area contributed by atoms with Crippen LogP contribution in [0.15, 0.2) is 46.9 Å². The van der Waals surface area contributed by atoms with Crippen LogP contribution < -0.4 is 9.80 Å². The van der Waals surface area contributed by atoms with Crippen molar-refractivity contribution >= 4 is 27.3 Å². The molecule has 114 valence electrons. The average Bonchev–Trinajstić information content (AvgIpc) is 3.36. The van der Waals surface area contributed by atoms with Crippen LogP contribution in [0.5, 0.6) is 5.75 Å². The van der Waals surface area contributed by atoms with Gasteiger partial charge in [-0.3, -0.25) is 0 Å². The van der Waals surface area contributed by atoms with Crippen molar-refractivity contribution in [2.75, 3.05) is 22.9 Å². The molecule has 0 radical (unpaired) electrons. The summed E-state index contributed by atoms with van der Waals surface area (Å²) < 4.78 is 1.05. The van der Waals surface area contributed by atoms with Gasteiger partial charge < -0.3 is 14.9 Å². The Morgan fingerprint density at radius 3 is 2.59 bits per heavy atom. The number of halogens is 1. The Kier molecular flexibility index (Phi) is 3.49. The molecule has 1 heterocycles. The normalized spacial score (nSPS) is 17.5. The van der Waals surface area contributed by atoms with Crippen molar-refractivity contribution in [2.24, 2.45) is 0 Å². The molecular formula is C18H19BrN2O. The number of phenolic OH excluding ortho intramolecular Hbond substituents is 1. The van der Waals surface area contributed by atoms with Crippen LogP contribution in [0.25, 0.3) is 0 Å². The van der Waals surface area contributed by atoms with Crippen LogP contribution in [0.2, 0.25) is 0 Å². The molecule has 0 aromatic heterocycles. The number of phenols is 1. The number of aromatic hydroxyl groups is 1.